The maximum atomic E-state index is 11.9. The first-order chi connectivity index (χ1) is 11.2. The van der Waals surface area contributed by atoms with Gasteiger partial charge in [0.1, 0.15) is 4.64 Å². The third kappa shape index (κ3) is 6.00. The van der Waals surface area contributed by atoms with Crippen LogP contribution < -0.4 is 4.84 Å². The van der Waals surface area contributed by atoms with Gasteiger partial charge in [0.05, 0.1) is 0 Å². The average molecular weight is 347 g/mol. The molecule has 0 atom stereocenters. The fourth-order valence-corrected chi connectivity index (χ4v) is 2.85. The van der Waals surface area contributed by atoms with Gasteiger partial charge in [-0.05, 0) is 25.0 Å². The number of carbonyl (C=O) groups excluding carboxylic acids is 2. The minimum atomic E-state index is -0.327. The van der Waals surface area contributed by atoms with Crippen LogP contribution in [0, 0.1) is 4.64 Å². The zero-order chi connectivity index (χ0) is 16.5. The van der Waals surface area contributed by atoms with Gasteiger partial charge in [0.25, 0.3) is 0 Å². The molecule has 0 amide bonds. The number of carbonyl (C=O) groups is 2. The molecule has 0 unspecified atom stereocenters. The highest BCUT2D eigenvalue weighted by Crippen LogP contribution is 2.14. The predicted molar refractivity (Wildman–Crippen MR) is 93.9 cm³/mol. The number of nitrogens with zero attached hydrogens (tertiary/aromatic N) is 1. The maximum absolute atomic E-state index is 11.9. The van der Waals surface area contributed by atoms with Crippen LogP contribution >= 0.6 is 24.0 Å². The SMILES string of the molecule is O=C(CCCCSC(=O)c1ccccc1)On1ccccc1=S. The monoisotopic (exact) mass is 347 g/mol. The van der Waals surface area contributed by atoms with E-state index in [0.29, 0.717) is 28.8 Å². The van der Waals surface area contributed by atoms with Gasteiger partial charge < -0.3 is 4.84 Å². The Morgan fingerprint density at radius 3 is 2.52 bits per heavy atom. The number of benzene rings is 1. The highest BCUT2D eigenvalue weighted by atomic mass is 32.2. The highest BCUT2D eigenvalue weighted by Gasteiger charge is 2.07. The number of pyridine rings is 1. The smallest absolute Gasteiger partial charge is 0.332 e. The minimum absolute atomic E-state index is 0.0590. The molecule has 0 saturated carbocycles. The van der Waals surface area contributed by atoms with E-state index in [1.807, 2.05) is 18.2 Å². The molecule has 6 heteroatoms. The molecule has 1 aromatic heterocycles. The van der Waals surface area contributed by atoms with Crippen molar-refractivity contribution >= 4 is 35.1 Å². The summed E-state index contributed by atoms with van der Waals surface area (Å²) in [5.74, 6) is 0.359. The lowest BCUT2D eigenvalue weighted by molar-refractivity contribution is -0.144. The molecular formula is C17H17NO3S2. The van der Waals surface area contributed by atoms with E-state index in [-0.39, 0.29) is 11.1 Å². The van der Waals surface area contributed by atoms with E-state index in [0.717, 1.165) is 6.42 Å². The van der Waals surface area contributed by atoms with Gasteiger partial charge in [-0.2, -0.15) is 4.73 Å². The highest BCUT2D eigenvalue weighted by molar-refractivity contribution is 8.14. The number of unbranched alkanes of at least 4 members (excludes halogenated alkanes) is 1. The van der Waals surface area contributed by atoms with E-state index in [1.165, 1.54) is 16.5 Å². The summed E-state index contributed by atoms with van der Waals surface area (Å²) in [5, 5.41) is 0.0590. The Kier molecular flexibility index (Phi) is 7.03. The molecule has 0 aliphatic carbocycles. The third-order valence-corrected chi connectivity index (χ3v) is 4.31. The molecule has 0 saturated heterocycles. The van der Waals surface area contributed by atoms with Crippen LogP contribution in [0.2, 0.25) is 0 Å². The Balaban J connectivity index is 1.64. The minimum Gasteiger partial charge on any atom is -0.336 e. The summed E-state index contributed by atoms with van der Waals surface area (Å²) >= 11 is 6.32. The molecule has 2 aromatic rings. The van der Waals surface area contributed by atoms with Gasteiger partial charge in [0.2, 0.25) is 5.12 Å². The van der Waals surface area contributed by atoms with Crippen LogP contribution in [0.1, 0.15) is 29.6 Å². The fourth-order valence-electron chi connectivity index (χ4n) is 1.84. The van der Waals surface area contributed by atoms with E-state index < -0.39 is 0 Å². The Hall–Kier alpha value is -1.92. The summed E-state index contributed by atoms with van der Waals surface area (Å²) in [7, 11) is 0. The van der Waals surface area contributed by atoms with Crippen LogP contribution in [0.4, 0.5) is 0 Å². The van der Waals surface area contributed by atoms with Crippen molar-refractivity contribution in [1.82, 2.24) is 4.73 Å². The summed E-state index contributed by atoms with van der Waals surface area (Å²) < 4.78 is 1.73. The van der Waals surface area contributed by atoms with Gasteiger partial charge >= 0.3 is 5.97 Å². The van der Waals surface area contributed by atoms with Crippen LogP contribution in [-0.4, -0.2) is 21.6 Å². The summed E-state index contributed by atoms with van der Waals surface area (Å²) in [6.07, 6.45) is 3.36. The quantitative estimate of drug-likeness (QED) is 0.561. The molecule has 120 valence electrons. The Morgan fingerprint density at radius 1 is 1.04 bits per heavy atom. The van der Waals surface area contributed by atoms with Crippen molar-refractivity contribution in [2.24, 2.45) is 0 Å². The Labute approximate surface area is 144 Å². The van der Waals surface area contributed by atoms with Crippen LogP contribution in [0.5, 0.6) is 0 Å². The lowest BCUT2D eigenvalue weighted by Crippen LogP contribution is -2.19. The third-order valence-electron chi connectivity index (χ3n) is 3.01. The largest absolute Gasteiger partial charge is 0.336 e. The number of hydrogen-bond donors (Lipinski definition) is 0. The predicted octanol–water partition coefficient (Wildman–Crippen LogP) is 3.92. The van der Waals surface area contributed by atoms with Crippen LogP contribution in [0.15, 0.2) is 54.7 Å². The molecule has 0 spiro atoms. The second-order valence-corrected chi connectivity index (χ2v) is 6.27. The molecule has 0 fully saturated rings. The molecule has 0 aliphatic rings. The van der Waals surface area contributed by atoms with Crippen molar-refractivity contribution in [3.05, 3.63) is 64.9 Å². The van der Waals surface area contributed by atoms with E-state index in [9.17, 15) is 9.59 Å². The average Bonchev–Trinajstić information content (AvgIpc) is 2.57. The van der Waals surface area contributed by atoms with Gasteiger partial charge in [-0.15, -0.1) is 0 Å². The second-order valence-electron chi connectivity index (χ2n) is 4.79. The lowest BCUT2D eigenvalue weighted by Gasteiger charge is -2.06. The topological polar surface area (TPSA) is 48.3 Å². The van der Waals surface area contributed by atoms with Gasteiger partial charge in [-0.3, -0.25) is 4.79 Å². The van der Waals surface area contributed by atoms with Gasteiger partial charge in [-0.1, -0.05) is 60.4 Å². The maximum Gasteiger partial charge on any atom is 0.332 e. The van der Waals surface area contributed by atoms with Crippen molar-refractivity contribution < 1.29 is 14.4 Å². The normalized spacial score (nSPS) is 10.3. The summed E-state index contributed by atoms with van der Waals surface area (Å²) in [5.41, 5.74) is 0.704. The first kappa shape index (κ1) is 17.4. The molecule has 1 aromatic carbocycles. The molecule has 2 rings (SSSR count). The summed E-state index contributed by atoms with van der Waals surface area (Å²) in [4.78, 5) is 28.7. The standard InChI is InChI=1S/C17H17NO3S2/c19-16(21-18-12-6-4-10-15(18)22)11-5-7-13-23-17(20)14-8-2-1-3-9-14/h1-4,6,8-10,12H,5,7,11,13H2. The van der Waals surface area contributed by atoms with Crippen LogP contribution in [0.25, 0.3) is 0 Å². The van der Waals surface area contributed by atoms with E-state index in [4.69, 9.17) is 17.1 Å². The second kappa shape index (κ2) is 9.27. The molecular weight excluding hydrogens is 330 g/mol. The number of thioether (sulfide) groups is 1. The Bertz CT molecular complexity index is 713. The first-order valence-corrected chi connectivity index (χ1v) is 8.67. The fraction of sp³-hybridized carbons (Fsp3) is 0.235. The molecule has 0 radical (unpaired) electrons. The zero-order valence-electron chi connectivity index (χ0n) is 12.5. The van der Waals surface area contributed by atoms with Crippen molar-refractivity contribution in [2.45, 2.75) is 19.3 Å². The Morgan fingerprint density at radius 2 is 1.78 bits per heavy atom. The number of aromatic nitrogens is 1. The molecule has 23 heavy (non-hydrogen) atoms. The molecule has 4 nitrogen and oxygen atoms in total. The van der Waals surface area contributed by atoms with Crippen LogP contribution in [0.3, 0.4) is 0 Å². The van der Waals surface area contributed by atoms with Gasteiger partial charge in [-0.25, -0.2) is 4.79 Å². The summed E-state index contributed by atoms with van der Waals surface area (Å²) in [6.45, 7) is 0. The van der Waals surface area contributed by atoms with Gasteiger partial charge in [0.15, 0.2) is 0 Å². The molecule has 0 aliphatic heterocycles. The number of rotatable bonds is 7. The molecule has 1 heterocycles. The van der Waals surface area contributed by atoms with E-state index >= 15 is 0 Å². The van der Waals surface area contributed by atoms with Crippen molar-refractivity contribution in [3.63, 3.8) is 0 Å². The van der Waals surface area contributed by atoms with Crippen molar-refractivity contribution in [3.8, 4) is 0 Å². The van der Waals surface area contributed by atoms with E-state index in [1.54, 1.807) is 36.5 Å². The van der Waals surface area contributed by atoms with Crippen LogP contribution in [-0.2, 0) is 4.79 Å². The van der Waals surface area contributed by atoms with E-state index in [2.05, 4.69) is 0 Å². The molecule has 0 N–H and O–H groups in total. The summed E-state index contributed by atoms with van der Waals surface area (Å²) in [6, 6.07) is 14.4. The van der Waals surface area contributed by atoms with Crippen molar-refractivity contribution in [2.75, 3.05) is 5.75 Å². The zero-order valence-corrected chi connectivity index (χ0v) is 14.1. The first-order valence-electron chi connectivity index (χ1n) is 7.28. The molecule has 0 bridgehead atoms. The lowest BCUT2D eigenvalue weighted by atomic mass is 10.2. The number of hydrogen-bond acceptors (Lipinski definition) is 5. The van der Waals surface area contributed by atoms with Crippen molar-refractivity contribution in [1.29, 1.82) is 0 Å². The van der Waals surface area contributed by atoms with Gasteiger partial charge in [0, 0.05) is 23.9 Å².